The van der Waals surface area contributed by atoms with E-state index in [4.69, 9.17) is 0 Å². The molecule has 0 radical (unpaired) electrons. The molecule has 0 unspecified atom stereocenters. The number of aryl methyl sites for hydroxylation is 1. The smallest absolute Gasteiger partial charge is 0.450 e. The van der Waals surface area contributed by atoms with Crippen LogP contribution in [-0.4, -0.2) is 8.42 Å². The fourth-order valence-electron chi connectivity index (χ4n) is 0.840. The van der Waals surface area contributed by atoms with Crippen LogP contribution in [0.15, 0.2) is 15.4 Å². The van der Waals surface area contributed by atoms with E-state index in [0.717, 1.165) is 6.07 Å². The van der Waals surface area contributed by atoms with Crippen molar-refractivity contribution in [1.82, 2.24) is 0 Å². The molecule has 7 heteroatoms. The lowest BCUT2D eigenvalue weighted by molar-refractivity contribution is -0.155. The zero-order valence-corrected chi connectivity index (χ0v) is 7.28. The van der Waals surface area contributed by atoms with Crippen LogP contribution in [0.25, 0.3) is 0 Å². The predicted octanol–water partition coefficient (Wildman–Crippen LogP) is 1.58. The molecule has 1 aromatic rings. The Morgan fingerprint density at radius 3 is 2.23 bits per heavy atom. The fourth-order valence-corrected chi connectivity index (χ4v) is 1.46. The number of halogens is 3. The van der Waals surface area contributed by atoms with Crippen molar-refractivity contribution in [3.05, 3.63) is 17.6 Å². The van der Waals surface area contributed by atoms with Crippen molar-refractivity contribution in [2.24, 2.45) is 0 Å². The quantitative estimate of drug-likeness (QED) is 0.722. The number of hydrogen-bond acceptors (Lipinski definition) is 3. The summed E-state index contributed by atoms with van der Waals surface area (Å²) in [5.41, 5.74) is 0. The molecule has 74 valence electrons. The Morgan fingerprint density at radius 1 is 1.38 bits per heavy atom. The van der Waals surface area contributed by atoms with Crippen LogP contribution >= 0.6 is 0 Å². The molecule has 3 nitrogen and oxygen atoms in total. The first-order chi connectivity index (χ1) is 5.82. The first kappa shape index (κ1) is 10.1. The minimum atomic E-state index is -4.76. The van der Waals surface area contributed by atoms with Gasteiger partial charge in [-0.3, -0.25) is 0 Å². The lowest BCUT2D eigenvalue weighted by atomic mass is 10.4. The van der Waals surface area contributed by atoms with Crippen molar-refractivity contribution in [2.45, 2.75) is 18.0 Å². The van der Waals surface area contributed by atoms with Gasteiger partial charge in [-0.2, -0.15) is 13.2 Å². The minimum absolute atomic E-state index is 0.0819. The Hall–Kier alpha value is -0.980. The fraction of sp³-hybridized carbons (Fsp3) is 0.333. The Labute approximate surface area is 73.1 Å². The summed E-state index contributed by atoms with van der Waals surface area (Å²) < 4.78 is 61.1. The molecule has 0 amide bonds. The van der Waals surface area contributed by atoms with E-state index in [9.17, 15) is 21.6 Å². The summed E-state index contributed by atoms with van der Waals surface area (Å²) in [5.74, 6) is -1.54. The summed E-state index contributed by atoms with van der Waals surface area (Å²) in [6.45, 7) is 1.25. The van der Waals surface area contributed by atoms with Gasteiger partial charge in [-0.05, 0) is 13.0 Å². The van der Waals surface area contributed by atoms with Crippen LogP contribution in [0.3, 0.4) is 0 Å². The number of alkyl halides is 3. The molecule has 0 fully saturated rings. The summed E-state index contributed by atoms with van der Waals surface area (Å²) in [6.07, 6.45) is -4.76. The highest BCUT2D eigenvalue weighted by molar-refractivity contribution is 7.72. The Morgan fingerprint density at radius 2 is 1.92 bits per heavy atom. The first-order valence-corrected chi connectivity index (χ1v) is 4.32. The molecule has 1 aromatic heterocycles. The van der Waals surface area contributed by atoms with Gasteiger partial charge < -0.3 is 4.42 Å². The van der Waals surface area contributed by atoms with E-state index < -0.39 is 27.5 Å². The summed E-state index contributed by atoms with van der Waals surface area (Å²) >= 11 is 0. The predicted molar refractivity (Wildman–Crippen MR) is 37.0 cm³/mol. The summed E-state index contributed by atoms with van der Waals surface area (Å²) in [4.78, 5) is -0.819. The van der Waals surface area contributed by atoms with Gasteiger partial charge in [0.1, 0.15) is 10.7 Å². The van der Waals surface area contributed by atoms with Crippen LogP contribution in [0, 0.1) is 6.92 Å². The van der Waals surface area contributed by atoms with Crippen molar-refractivity contribution in [3.63, 3.8) is 0 Å². The second-order valence-electron chi connectivity index (χ2n) is 2.33. The maximum absolute atomic E-state index is 12.1. The molecule has 0 spiro atoms. The normalized spacial score (nSPS) is 12.4. The molecule has 0 saturated carbocycles. The maximum atomic E-state index is 12.1. The van der Waals surface area contributed by atoms with Gasteiger partial charge in [0.2, 0.25) is 5.76 Å². The van der Waals surface area contributed by atoms with E-state index in [1.165, 1.54) is 6.92 Å². The van der Waals surface area contributed by atoms with Crippen LogP contribution < -0.4 is 0 Å². The molecule has 0 aliphatic rings. The number of hydrogen-bond donors (Lipinski definition) is 1. The highest BCUT2D eigenvalue weighted by atomic mass is 32.2. The zero-order chi connectivity index (χ0) is 10.2. The third-order valence-corrected chi connectivity index (χ3v) is 2.02. The third kappa shape index (κ3) is 2.03. The summed E-state index contributed by atoms with van der Waals surface area (Å²) in [5, 5.41) is 0. The Bertz CT molecular complexity index is 380. The lowest BCUT2D eigenvalue weighted by Gasteiger charge is -2.01. The van der Waals surface area contributed by atoms with E-state index in [1.54, 1.807) is 0 Å². The molecule has 0 aliphatic carbocycles. The zero-order valence-electron chi connectivity index (χ0n) is 6.38. The molecular formula is C6H5F3O3S. The SMILES string of the molecule is Cc1cc([SH](=O)=O)c(C(F)(F)F)o1. The van der Waals surface area contributed by atoms with Gasteiger partial charge in [0.25, 0.3) is 0 Å². The molecule has 0 atom stereocenters. The number of rotatable bonds is 1. The molecule has 13 heavy (non-hydrogen) atoms. The molecule has 0 bridgehead atoms. The molecule has 1 rings (SSSR count). The van der Waals surface area contributed by atoms with Crippen LogP contribution in [0.5, 0.6) is 0 Å². The van der Waals surface area contributed by atoms with Crippen LogP contribution in [0.4, 0.5) is 13.2 Å². The van der Waals surface area contributed by atoms with Crippen molar-refractivity contribution in [1.29, 1.82) is 0 Å². The Balaban J connectivity index is 3.36. The largest absolute Gasteiger partial charge is 0.455 e. The lowest BCUT2D eigenvalue weighted by Crippen LogP contribution is -2.05. The maximum Gasteiger partial charge on any atom is 0.450 e. The average Bonchev–Trinajstić information content (AvgIpc) is 2.29. The molecular weight excluding hydrogens is 209 g/mol. The van der Waals surface area contributed by atoms with Crippen molar-refractivity contribution in [2.75, 3.05) is 0 Å². The van der Waals surface area contributed by atoms with Gasteiger partial charge in [0.15, 0.2) is 10.7 Å². The van der Waals surface area contributed by atoms with Gasteiger partial charge in [-0.15, -0.1) is 0 Å². The summed E-state index contributed by atoms with van der Waals surface area (Å²) in [6, 6.07) is 0.842. The monoisotopic (exact) mass is 214 g/mol. The van der Waals surface area contributed by atoms with E-state index in [2.05, 4.69) is 4.42 Å². The van der Waals surface area contributed by atoms with Crippen molar-refractivity contribution in [3.8, 4) is 0 Å². The third-order valence-electron chi connectivity index (χ3n) is 1.29. The van der Waals surface area contributed by atoms with Gasteiger partial charge >= 0.3 is 6.18 Å². The van der Waals surface area contributed by atoms with Gasteiger partial charge in [0, 0.05) is 0 Å². The second-order valence-corrected chi connectivity index (χ2v) is 3.32. The summed E-state index contributed by atoms with van der Waals surface area (Å²) in [7, 11) is -3.27. The molecule has 0 aromatic carbocycles. The van der Waals surface area contributed by atoms with Crippen LogP contribution in [0.2, 0.25) is 0 Å². The van der Waals surface area contributed by atoms with Crippen molar-refractivity contribution >= 4 is 10.7 Å². The highest BCUT2D eigenvalue weighted by Gasteiger charge is 2.39. The van der Waals surface area contributed by atoms with E-state index in [-0.39, 0.29) is 5.76 Å². The van der Waals surface area contributed by atoms with E-state index in [0.29, 0.717) is 0 Å². The highest BCUT2D eigenvalue weighted by Crippen LogP contribution is 2.34. The average molecular weight is 214 g/mol. The standard InChI is InChI=1S/C6H5F3O3S/c1-3-2-4(13(10)11)5(12-3)6(7,8)9/h2,13H,1H3. The van der Waals surface area contributed by atoms with Gasteiger partial charge in [-0.25, -0.2) is 8.42 Å². The minimum Gasteiger partial charge on any atom is -0.455 e. The topological polar surface area (TPSA) is 47.3 Å². The van der Waals surface area contributed by atoms with Gasteiger partial charge in [0.05, 0.1) is 0 Å². The molecule has 0 saturated heterocycles. The van der Waals surface area contributed by atoms with E-state index >= 15 is 0 Å². The number of thiol groups is 1. The molecule has 0 aliphatic heterocycles. The molecule has 0 N–H and O–H groups in total. The van der Waals surface area contributed by atoms with Crippen molar-refractivity contribution < 1.29 is 26.0 Å². The van der Waals surface area contributed by atoms with E-state index in [1.807, 2.05) is 0 Å². The van der Waals surface area contributed by atoms with Crippen LogP contribution in [0.1, 0.15) is 11.5 Å². The second kappa shape index (κ2) is 3.06. The van der Waals surface area contributed by atoms with Crippen LogP contribution in [-0.2, 0) is 16.9 Å². The molecule has 1 heterocycles. The van der Waals surface area contributed by atoms with Gasteiger partial charge in [-0.1, -0.05) is 0 Å². The Kier molecular flexibility index (Phi) is 2.38. The number of furan rings is 1. The first-order valence-electron chi connectivity index (χ1n) is 3.14.